The monoisotopic (exact) mass is 312 g/mol. The smallest absolute Gasteiger partial charge is 0.261 e. The summed E-state index contributed by atoms with van der Waals surface area (Å²) in [6.45, 7) is 2.09. The zero-order chi connectivity index (χ0) is 15.5. The van der Waals surface area contributed by atoms with Gasteiger partial charge in [0.2, 0.25) is 0 Å². The standard InChI is InChI=1S/C18H20N2OS/c1-12-6-7-13-11-17(8-4-5-9-17)18(14(13)10-12)15(21)20(2)16(19-18)22-3/h4-7,10H,8-9,11H2,1-3H3. The van der Waals surface area contributed by atoms with E-state index in [4.69, 9.17) is 4.99 Å². The van der Waals surface area contributed by atoms with Crippen LogP contribution in [0.4, 0.5) is 0 Å². The molecule has 1 aliphatic heterocycles. The van der Waals surface area contributed by atoms with Crippen molar-refractivity contribution >= 4 is 22.8 Å². The normalized spacial score (nSPS) is 28.0. The van der Waals surface area contributed by atoms with Gasteiger partial charge in [-0.05, 0) is 43.6 Å². The van der Waals surface area contributed by atoms with Gasteiger partial charge in [0.05, 0.1) is 0 Å². The predicted octanol–water partition coefficient (Wildman–Crippen LogP) is 3.27. The van der Waals surface area contributed by atoms with Crippen LogP contribution in [0.3, 0.4) is 0 Å². The number of aliphatic imine (C=N–C) groups is 1. The highest BCUT2D eigenvalue weighted by atomic mass is 32.2. The first-order chi connectivity index (χ1) is 10.5. The zero-order valence-electron chi connectivity index (χ0n) is 13.2. The molecule has 2 spiro atoms. The largest absolute Gasteiger partial charge is 0.292 e. The minimum absolute atomic E-state index is 0.105. The van der Waals surface area contributed by atoms with Gasteiger partial charge in [0, 0.05) is 12.5 Å². The second-order valence-electron chi connectivity index (χ2n) is 6.67. The lowest BCUT2D eigenvalue weighted by Gasteiger charge is -2.37. The SMILES string of the molecule is CSC1=NC2(C(=O)N1C)c1cc(C)ccc1CC21CC=CC1. The fourth-order valence-electron chi connectivity index (χ4n) is 4.40. The van der Waals surface area contributed by atoms with E-state index in [9.17, 15) is 4.79 Å². The maximum atomic E-state index is 13.3. The summed E-state index contributed by atoms with van der Waals surface area (Å²) < 4.78 is 0. The molecule has 2 aliphatic carbocycles. The molecule has 1 aromatic rings. The quantitative estimate of drug-likeness (QED) is 0.689. The molecule has 0 bridgehead atoms. The minimum Gasteiger partial charge on any atom is -0.292 e. The third-order valence-electron chi connectivity index (χ3n) is 5.48. The van der Waals surface area contributed by atoms with E-state index in [0.29, 0.717) is 0 Å². The van der Waals surface area contributed by atoms with E-state index in [-0.39, 0.29) is 11.3 Å². The molecule has 3 aliphatic rings. The van der Waals surface area contributed by atoms with Gasteiger partial charge in [-0.2, -0.15) is 0 Å². The van der Waals surface area contributed by atoms with Gasteiger partial charge < -0.3 is 0 Å². The van der Waals surface area contributed by atoms with Crippen molar-refractivity contribution in [2.24, 2.45) is 10.4 Å². The first kappa shape index (κ1) is 14.1. The van der Waals surface area contributed by atoms with Crippen LogP contribution in [0.2, 0.25) is 0 Å². The number of carbonyl (C=O) groups is 1. The lowest BCUT2D eigenvalue weighted by molar-refractivity contribution is -0.134. The molecule has 0 saturated carbocycles. The average molecular weight is 312 g/mol. The number of aryl methyl sites for hydroxylation is 1. The van der Waals surface area contributed by atoms with Crippen molar-refractivity contribution in [2.75, 3.05) is 13.3 Å². The summed E-state index contributed by atoms with van der Waals surface area (Å²) in [5, 5.41) is 0.839. The summed E-state index contributed by atoms with van der Waals surface area (Å²) in [7, 11) is 1.86. The Hall–Kier alpha value is -1.55. The molecule has 1 aromatic carbocycles. The summed E-state index contributed by atoms with van der Waals surface area (Å²) in [5.41, 5.74) is 2.81. The molecular formula is C18H20N2OS. The first-order valence-electron chi connectivity index (χ1n) is 7.71. The molecular weight excluding hydrogens is 292 g/mol. The third-order valence-corrected chi connectivity index (χ3v) is 6.21. The minimum atomic E-state index is -0.717. The number of nitrogens with zero attached hydrogens (tertiary/aromatic N) is 2. The van der Waals surface area contributed by atoms with Crippen molar-refractivity contribution in [2.45, 2.75) is 31.7 Å². The van der Waals surface area contributed by atoms with Gasteiger partial charge >= 0.3 is 0 Å². The Labute approximate surface area is 135 Å². The van der Waals surface area contributed by atoms with E-state index in [2.05, 4.69) is 37.3 Å². The Bertz CT molecular complexity index is 729. The van der Waals surface area contributed by atoms with Crippen molar-refractivity contribution < 1.29 is 4.79 Å². The van der Waals surface area contributed by atoms with Crippen LogP contribution in [0.25, 0.3) is 0 Å². The number of likely N-dealkylation sites (N-methyl/N-ethyl adjacent to an activating group) is 1. The summed E-state index contributed by atoms with van der Waals surface area (Å²) >= 11 is 1.56. The second-order valence-corrected chi connectivity index (χ2v) is 7.44. The van der Waals surface area contributed by atoms with Gasteiger partial charge in [0.1, 0.15) is 0 Å². The maximum absolute atomic E-state index is 13.3. The maximum Gasteiger partial charge on any atom is 0.261 e. The van der Waals surface area contributed by atoms with Crippen LogP contribution >= 0.6 is 11.8 Å². The number of benzene rings is 1. The van der Waals surface area contributed by atoms with E-state index >= 15 is 0 Å². The lowest BCUT2D eigenvalue weighted by atomic mass is 9.68. The lowest BCUT2D eigenvalue weighted by Crippen LogP contribution is -2.48. The van der Waals surface area contributed by atoms with E-state index in [1.807, 2.05) is 13.3 Å². The van der Waals surface area contributed by atoms with Gasteiger partial charge in [-0.25, -0.2) is 4.99 Å². The van der Waals surface area contributed by atoms with Gasteiger partial charge in [0.25, 0.3) is 5.91 Å². The van der Waals surface area contributed by atoms with Crippen LogP contribution in [-0.4, -0.2) is 29.3 Å². The summed E-state index contributed by atoms with van der Waals surface area (Å²) in [6.07, 6.45) is 9.26. The van der Waals surface area contributed by atoms with Crippen LogP contribution in [0.5, 0.6) is 0 Å². The molecule has 1 heterocycles. The summed E-state index contributed by atoms with van der Waals surface area (Å²) in [4.78, 5) is 20.1. The second kappa shape index (κ2) is 4.48. The van der Waals surface area contributed by atoms with Crippen molar-refractivity contribution in [1.82, 2.24) is 4.90 Å². The number of fused-ring (bicyclic) bond motifs is 3. The highest BCUT2D eigenvalue weighted by molar-refractivity contribution is 8.13. The van der Waals surface area contributed by atoms with Gasteiger partial charge in [-0.3, -0.25) is 9.69 Å². The van der Waals surface area contributed by atoms with Crippen LogP contribution in [-0.2, 0) is 16.8 Å². The number of carbonyl (C=O) groups excluding carboxylic acids is 1. The number of amides is 1. The molecule has 1 amide bonds. The number of amidine groups is 1. The molecule has 0 aromatic heterocycles. The number of hydrogen-bond donors (Lipinski definition) is 0. The van der Waals surface area contributed by atoms with Crippen molar-refractivity contribution in [3.05, 3.63) is 47.0 Å². The Kier molecular flexibility index (Phi) is 2.86. The molecule has 0 saturated heterocycles. The Morgan fingerprint density at radius 2 is 2.00 bits per heavy atom. The molecule has 1 unspecified atom stereocenters. The molecule has 0 fully saturated rings. The van der Waals surface area contributed by atoms with E-state index in [1.165, 1.54) is 11.1 Å². The molecule has 3 nitrogen and oxygen atoms in total. The van der Waals surface area contributed by atoms with Gasteiger partial charge in [-0.1, -0.05) is 47.7 Å². The van der Waals surface area contributed by atoms with E-state index in [1.54, 1.807) is 16.7 Å². The molecule has 4 heteroatoms. The van der Waals surface area contributed by atoms with Crippen LogP contribution in [0.15, 0.2) is 35.3 Å². The number of allylic oxidation sites excluding steroid dienone is 2. The molecule has 0 radical (unpaired) electrons. The summed E-state index contributed by atoms with van der Waals surface area (Å²) in [6, 6.07) is 6.52. The third kappa shape index (κ3) is 1.49. The molecule has 0 N–H and O–H groups in total. The summed E-state index contributed by atoms with van der Waals surface area (Å²) in [5.74, 6) is 0.143. The fraction of sp³-hybridized carbons (Fsp3) is 0.444. The molecule has 22 heavy (non-hydrogen) atoms. The van der Waals surface area contributed by atoms with Gasteiger partial charge in [-0.15, -0.1) is 0 Å². The number of hydrogen-bond acceptors (Lipinski definition) is 3. The molecule has 114 valence electrons. The Morgan fingerprint density at radius 1 is 1.27 bits per heavy atom. The Morgan fingerprint density at radius 3 is 2.64 bits per heavy atom. The van der Waals surface area contributed by atoms with Gasteiger partial charge in [0.15, 0.2) is 10.7 Å². The Balaban J connectivity index is 2.00. The van der Waals surface area contributed by atoms with E-state index in [0.717, 1.165) is 30.0 Å². The van der Waals surface area contributed by atoms with Crippen molar-refractivity contribution in [3.8, 4) is 0 Å². The molecule has 1 atom stereocenters. The van der Waals surface area contributed by atoms with Crippen molar-refractivity contribution in [1.29, 1.82) is 0 Å². The number of rotatable bonds is 0. The van der Waals surface area contributed by atoms with E-state index < -0.39 is 5.54 Å². The predicted molar refractivity (Wildman–Crippen MR) is 91.1 cm³/mol. The highest BCUT2D eigenvalue weighted by Crippen LogP contribution is 2.61. The average Bonchev–Trinajstić information content (AvgIpc) is 3.15. The van der Waals surface area contributed by atoms with Crippen molar-refractivity contribution in [3.63, 3.8) is 0 Å². The van der Waals surface area contributed by atoms with Crippen LogP contribution in [0.1, 0.15) is 29.5 Å². The highest BCUT2D eigenvalue weighted by Gasteiger charge is 2.65. The zero-order valence-corrected chi connectivity index (χ0v) is 14.0. The van der Waals surface area contributed by atoms with Crippen LogP contribution < -0.4 is 0 Å². The van der Waals surface area contributed by atoms with Crippen LogP contribution in [0, 0.1) is 12.3 Å². The number of thioether (sulfide) groups is 1. The topological polar surface area (TPSA) is 32.7 Å². The molecule has 4 rings (SSSR count). The fourth-order valence-corrected chi connectivity index (χ4v) is 4.98. The first-order valence-corrected chi connectivity index (χ1v) is 8.93.